The largest absolute Gasteiger partial charge is 1.00 e. The maximum Gasteiger partial charge on any atom is 0.130 e. The Hall–Kier alpha value is -1.18. The van der Waals surface area contributed by atoms with Crippen molar-refractivity contribution in [2.45, 2.75) is 38.3 Å². The van der Waals surface area contributed by atoms with E-state index < -0.39 is 6.10 Å². The first-order valence-electron chi connectivity index (χ1n) is 11.4. The van der Waals surface area contributed by atoms with E-state index in [-0.39, 0.29) is 30.9 Å². The minimum absolute atomic E-state index is 0. The molecule has 2 atom stereocenters. The van der Waals surface area contributed by atoms with E-state index in [1.807, 2.05) is 30.3 Å². The van der Waals surface area contributed by atoms with Gasteiger partial charge in [0.2, 0.25) is 0 Å². The van der Waals surface area contributed by atoms with Crippen molar-refractivity contribution in [1.29, 1.82) is 0 Å². The summed E-state index contributed by atoms with van der Waals surface area (Å²) in [4.78, 5) is 1.73. The van der Waals surface area contributed by atoms with Gasteiger partial charge in [-0.1, -0.05) is 35.9 Å². The Bertz CT molecular complexity index is 900. The van der Waals surface area contributed by atoms with E-state index in [1.54, 1.807) is 33.1 Å². The molecule has 0 amide bonds. The van der Waals surface area contributed by atoms with Crippen LogP contribution in [-0.2, 0) is 0 Å². The van der Waals surface area contributed by atoms with E-state index in [4.69, 9.17) is 0 Å². The standard InChI is InChI=1S/C26H32N2OS2.2ClH/c1-20(26(29)22-6-3-2-4-7-22)27-12-5-13-28-14-8-21(9-15-28)25(23-10-16-30-18-23)24-11-17-31-19-24;;/h2-4,6-7,10-11,16-20,26-27,29H,5,8-9,12-15H2,1H3;2*1H. The second kappa shape index (κ2) is 14.3. The van der Waals surface area contributed by atoms with Gasteiger partial charge in [0.05, 0.1) is 26.2 Å². The number of aliphatic hydroxyl groups excluding tert-OH is 1. The van der Waals surface area contributed by atoms with Gasteiger partial charge in [-0.05, 0) is 62.8 Å². The topological polar surface area (TPSA) is 41.3 Å². The van der Waals surface area contributed by atoms with E-state index in [1.165, 1.54) is 55.6 Å². The van der Waals surface area contributed by atoms with Crippen molar-refractivity contribution >= 4 is 28.2 Å². The van der Waals surface area contributed by atoms with Crippen LogP contribution in [0.5, 0.6) is 0 Å². The van der Waals surface area contributed by atoms with E-state index >= 15 is 0 Å². The molecule has 0 saturated carbocycles. The zero-order valence-electron chi connectivity index (χ0n) is 19.1. The summed E-state index contributed by atoms with van der Waals surface area (Å²) in [5.41, 5.74) is 6.91. The number of nitrogens with one attached hydrogen (secondary N) is 1. The van der Waals surface area contributed by atoms with Gasteiger partial charge in [-0.2, -0.15) is 22.7 Å². The second-order valence-electron chi connectivity index (χ2n) is 8.60. The Morgan fingerprint density at radius 1 is 0.970 bits per heavy atom. The molecule has 4 rings (SSSR count). The quantitative estimate of drug-likeness (QED) is 0.263. The molecule has 2 unspecified atom stereocenters. The van der Waals surface area contributed by atoms with Crippen LogP contribution in [0.25, 0.3) is 5.57 Å². The fourth-order valence-electron chi connectivity index (χ4n) is 4.61. The van der Waals surface area contributed by atoms with Gasteiger partial charge in [0.15, 0.2) is 0 Å². The Morgan fingerprint density at radius 3 is 2.12 bits per heavy atom. The fourth-order valence-corrected chi connectivity index (χ4v) is 5.90. The van der Waals surface area contributed by atoms with Gasteiger partial charge in [0.25, 0.3) is 0 Å². The summed E-state index contributed by atoms with van der Waals surface area (Å²) in [6.45, 7) is 6.89. The molecule has 33 heavy (non-hydrogen) atoms. The third-order valence-corrected chi connectivity index (χ3v) is 7.81. The number of benzene rings is 1. The highest BCUT2D eigenvalue weighted by Crippen LogP contribution is 2.32. The van der Waals surface area contributed by atoms with Crippen molar-refractivity contribution in [3.63, 3.8) is 0 Å². The third-order valence-electron chi connectivity index (χ3n) is 6.45. The molecule has 180 valence electrons. The fraction of sp³-hybridized carbons (Fsp3) is 0.385. The van der Waals surface area contributed by atoms with E-state index in [9.17, 15) is 5.11 Å². The first-order valence-corrected chi connectivity index (χ1v) is 13.3. The Morgan fingerprint density at radius 2 is 1.58 bits per heavy atom. The Labute approximate surface area is 218 Å². The number of hydrogen-bond acceptors (Lipinski definition) is 3. The van der Waals surface area contributed by atoms with Crippen molar-refractivity contribution < 1.29 is 40.1 Å². The minimum Gasteiger partial charge on any atom is -1.00 e. The van der Waals surface area contributed by atoms with Crippen LogP contribution in [0.2, 0.25) is 0 Å². The number of hydrogen-bond donors (Lipinski definition) is 3. The van der Waals surface area contributed by atoms with Gasteiger partial charge in [-0.25, -0.2) is 0 Å². The first-order chi connectivity index (χ1) is 15.2. The highest BCUT2D eigenvalue weighted by atomic mass is 35.5. The molecule has 3 heterocycles. The lowest BCUT2D eigenvalue weighted by molar-refractivity contribution is -0.904. The molecular formula is C26H34Cl2N2OS2. The lowest BCUT2D eigenvalue weighted by Crippen LogP contribution is -3.13. The van der Waals surface area contributed by atoms with Crippen LogP contribution < -0.4 is 35.0 Å². The predicted octanol–water partition coefficient (Wildman–Crippen LogP) is -2.63. The van der Waals surface area contributed by atoms with Gasteiger partial charge >= 0.3 is 0 Å². The van der Waals surface area contributed by atoms with E-state index in [2.05, 4.69) is 45.9 Å². The second-order valence-corrected chi connectivity index (χ2v) is 10.2. The van der Waals surface area contributed by atoms with Crippen molar-refractivity contribution in [3.05, 3.63) is 86.2 Å². The molecule has 0 aliphatic carbocycles. The van der Waals surface area contributed by atoms with Gasteiger partial charge in [0, 0.05) is 19.3 Å². The molecule has 1 aliphatic heterocycles. The molecule has 0 radical (unpaired) electrons. The minimum atomic E-state index is -0.399. The van der Waals surface area contributed by atoms with Gasteiger partial charge < -0.3 is 40.1 Å². The van der Waals surface area contributed by atoms with Crippen molar-refractivity contribution in [3.8, 4) is 0 Å². The predicted molar refractivity (Wildman–Crippen MR) is 132 cm³/mol. The number of halogens is 2. The molecule has 7 heteroatoms. The summed E-state index contributed by atoms with van der Waals surface area (Å²) < 4.78 is 0. The molecule has 1 fully saturated rings. The van der Waals surface area contributed by atoms with E-state index in [0.717, 1.165) is 12.1 Å². The Kier molecular flexibility index (Phi) is 12.1. The lowest BCUT2D eigenvalue weighted by atomic mass is 9.91. The summed E-state index contributed by atoms with van der Waals surface area (Å²) in [5, 5.41) is 21.8. The van der Waals surface area contributed by atoms with E-state index in [0.29, 0.717) is 0 Å². The molecule has 2 aromatic heterocycles. The number of likely N-dealkylation sites (tertiary alicyclic amines) is 1. The van der Waals surface area contributed by atoms with Crippen LogP contribution >= 0.6 is 22.7 Å². The summed E-state index contributed by atoms with van der Waals surface area (Å²) >= 11 is 3.58. The molecule has 4 N–H and O–H groups in total. The van der Waals surface area contributed by atoms with Gasteiger partial charge in [-0.15, -0.1) is 0 Å². The number of thiophene rings is 2. The molecule has 3 aromatic rings. The molecule has 3 nitrogen and oxygen atoms in total. The third kappa shape index (κ3) is 7.66. The number of rotatable bonds is 9. The summed E-state index contributed by atoms with van der Waals surface area (Å²) in [6.07, 6.45) is 3.19. The number of nitrogens with two attached hydrogens (primary N) is 1. The van der Waals surface area contributed by atoms with Crippen molar-refractivity contribution in [1.82, 2.24) is 0 Å². The summed E-state index contributed by atoms with van der Waals surface area (Å²) in [7, 11) is 0. The number of aliphatic hydroxyl groups is 1. The number of piperidine rings is 1. The highest BCUT2D eigenvalue weighted by Gasteiger charge is 2.22. The summed E-state index contributed by atoms with van der Waals surface area (Å²) in [5.74, 6) is 0. The smallest absolute Gasteiger partial charge is 0.130 e. The van der Waals surface area contributed by atoms with Crippen LogP contribution in [0.4, 0.5) is 0 Å². The monoisotopic (exact) mass is 524 g/mol. The molecule has 1 aromatic carbocycles. The van der Waals surface area contributed by atoms with Gasteiger partial charge in [0.1, 0.15) is 12.1 Å². The maximum absolute atomic E-state index is 10.5. The number of quaternary nitrogens is 2. The zero-order chi connectivity index (χ0) is 21.5. The van der Waals surface area contributed by atoms with Crippen molar-refractivity contribution in [2.75, 3.05) is 26.2 Å². The van der Waals surface area contributed by atoms with Crippen LogP contribution in [0.3, 0.4) is 0 Å². The van der Waals surface area contributed by atoms with Crippen LogP contribution in [0.1, 0.15) is 49.0 Å². The Balaban J connectivity index is 0.00000193. The molecular weight excluding hydrogens is 491 g/mol. The first kappa shape index (κ1) is 28.1. The zero-order valence-corrected chi connectivity index (χ0v) is 22.2. The maximum atomic E-state index is 10.5. The average Bonchev–Trinajstić information content (AvgIpc) is 3.53. The van der Waals surface area contributed by atoms with Gasteiger partial charge in [-0.3, -0.25) is 0 Å². The molecule has 1 saturated heterocycles. The van der Waals surface area contributed by atoms with Crippen LogP contribution in [0.15, 0.2) is 69.6 Å². The SMILES string of the molecule is CC([NH2+]CCC[NH+]1CCC(=C(c2ccsc2)c2ccsc2)CC1)C(O)c1ccccc1.[Cl-].[Cl-]. The van der Waals surface area contributed by atoms with Crippen LogP contribution in [0, 0.1) is 0 Å². The molecule has 0 spiro atoms. The highest BCUT2D eigenvalue weighted by molar-refractivity contribution is 7.08. The molecule has 0 bridgehead atoms. The average molecular weight is 526 g/mol. The van der Waals surface area contributed by atoms with Crippen LogP contribution in [-0.4, -0.2) is 37.3 Å². The normalized spacial score (nSPS) is 17.5. The van der Waals surface area contributed by atoms with Crippen molar-refractivity contribution in [2.24, 2.45) is 0 Å². The molecule has 1 aliphatic rings. The summed E-state index contributed by atoms with van der Waals surface area (Å²) in [6, 6.07) is 14.7. The lowest BCUT2D eigenvalue weighted by Gasteiger charge is -2.27.